The number of benzene rings is 3. The van der Waals surface area contributed by atoms with E-state index in [2.05, 4.69) is 5.32 Å². The van der Waals surface area contributed by atoms with Gasteiger partial charge in [-0.15, -0.1) is 11.8 Å². The molecule has 0 fully saturated rings. The minimum atomic E-state index is -0.363. The average Bonchev–Trinajstić information content (AvgIpc) is 2.84. The number of methoxy groups -OCH3 is 3. The van der Waals surface area contributed by atoms with Gasteiger partial charge in [0.1, 0.15) is 5.75 Å². The van der Waals surface area contributed by atoms with Crippen molar-refractivity contribution >= 4 is 23.4 Å². The van der Waals surface area contributed by atoms with Gasteiger partial charge in [0.15, 0.2) is 11.5 Å². The summed E-state index contributed by atoms with van der Waals surface area (Å²) in [6.07, 6.45) is 2.73. The van der Waals surface area contributed by atoms with Crippen LogP contribution in [-0.4, -0.2) is 40.0 Å². The van der Waals surface area contributed by atoms with Crippen LogP contribution in [-0.2, 0) is 6.42 Å². The summed E-state index contributed by atoms with van der Waals surface area (Å²) in [6.45, 7) is 0.571. The normalized spacial score (nSPS) is 10.5. The summed E-state index contributed by atoms with van der Waals surface area (Å²) in [4.78, 5) is 14.2. The van der Waals surface area contributed by atoms with Crippen LogP contribution in [0.3, 0.4) is 0 Å². The Hall–Kier alpha value is -3.36. The maximum absolute atomic E-state index is 13.3. The van der Waals surface area contributed by atoms with E-state index in [-0.39, 0.29) is 23.0 Å². The van der Waals surface area contributed by atoms with Crippen LogP contribution in [0.4, 0.5) is 5.69 Å². The molecule has 0 aromatic heterocycles. The topological polar surface area (TPSA) is 92.0 Å². The Bertz CT molecular complexity index is 1100. The lowest BCUT2D eigenvalue weighted by Crippen LogP contribution is -2.15. The van der Waals surface area contributed by atoms with Crippen molar-refractivity contribution in [1.82, 2.24) is 0 Å². The minimum Gasteiger partial charge on any atom is -0.492 e. The first kappa shape index (κ1) is 24.3. The fourth-order valence-corrected chi connectivity index (χ4v) is 3.93. The van der Waals surface area contributed by atoms with Crippen molar-refractivity contribution in [2.24, 2.45) is 5.73 Å². The molecule has 0 saturated carbocycles. The summed E-state index contributed by atoms with van der Waals surface area (Å²) in [6, 6.07) is 16.7. The molecule has 0 atom stereocenters. The van der Waals surface area contributed by atoms with E-state index in [4.69, 9.17) is 24.7 Å². The van der Waals surface area contributed by atoms with Crippen molar-refractivity contribution in [2.75, 3.05) is 39.4 Å². The Balaban J connectivity index is 2.03. The molecule has 0 aliphatic heterocycles. The van der Waals surface area contributed by atoms with Gasteiger partial charge in [-0.1, -0.05) is 24.3 Å². The van der Waals surface area contributed by atoms with E-state index in [1.165, 1.54) is 21.3 Å². The number of hydrogen-bond acceptors (Lipinski definition) is 7. The third-order valence-corrected chi connectivity index (χ3v) is 5.75. The molecule has 33 heavy (non-hydrogen) atoms. The van der Waals surface area contributed by atoms with Gasteiger partial charge in [0, 0.05) is 11.0 Å². The number of thioether (sulfide) groups is 1. The Morgan fingerprint density at radius 2 is 1.61 bits per heavy atom. The molecule has 0 saturated heterocycles. The maximum atomic E-state index is 13.3. The zero-order chi connectivity index (χ0) is 23.8. The summed E-state index contributed by atoms with van der Waals surface area (Å²) in [7, 11) is 4.46. The zero-order valence-electron chi connectivity index (χ0n) is 19.1. The monoisotopic (exact) mass is 468 g/mol. The summed E-state index contributed by atoms with van der Waals surface area (Å²) in [5, 5.41) is 2.95. The lowest BCUT2D eigenvalue weighted by Gasteiger charge is -2.19. The minimum absolute atomic E-state index is 0.249. The van der Waals surface area contributed by atoms with E-state index in [9.17, 15) is 4.79 Å². The fourth-order valence-electron chi connectivity index (χ4n) is 3.38. The number of carbonyl (C=O) groups excluding carboxylic acids is 1. The molecule has 0 spiro atoms. The number of nitrogens with two attached hydrogens (primary N) is 1. The molecule has 3 aromatic rings. The van der Waals surface area contributed by atoms with Crippen LogP contribution in [0.1, 0.15) is 15.9 Å². The van der Waals surface area contributed by atoms with Crippen molar-refractivity contribution in [1.29, 1.82) is 0 Å². The van der Waals surface area contributed by atoms with Crippen molar-refractivity contribution in [3.63, 3.8) is 0 Å². The lowest BCUT2D eigenvalue weighted by molar-refractivity contribution is 0.102. The van der Waals surface area contributed by atoms with Crippen LogP contribution in [0.15, 0.2) is 59.5 Å². The van der Waals surface area contributed by atoms with Crippen molar-refractivity contribution in [2.45, 2.75) is 11.3 Å². The molecule has 3 rings (SSSR count). The second-order valence-corrected chi connectivity index (χ2v) is 7.81. The molecule has 7 nitrogen and oxygen atoms in total. The highest BCUT2D eigenvalue weighted by Gasteiger charge is 2.26. The summed E-state index contributed by atoms with van der Waals surface area (Å²) < 4.78 is 22.7. The Kier molecular flexibility index (Phi) is 8.46. The van der Waals surface area contributed by atoms with E-state index in [0.717, 1.165) is 16.9 Å². The highest BCUT2D eigenvalue weighted by atomic mass is 32.2. The molecule has 0 radical (unpaired) electrons. The van der Waals surface area contributed by atoms with Gasteiger partial charge in [0.25, 0.3) is 5.91 Å². The molecule has 3 aromatic carbocycles. The molecular formula is C25H28N2O5S. The molecule has 0 aliphatic carbocycles. The van der Waals surface area contributed by atoms with E-state index >= 15 is 0 Å². The maximum Gasteiger partial charge on any atom is 0.259 e. The van der Waals surface area contributed by atoms with Crippen LogP contribution in [0, 0.1) is 0 Å². The predicted molar refractivity (Wildman–Crippen MR) is 132 cm³/mol. The summed E-state index contributed by atoms with van der Waals surface area (Å²) in [5.74, 6) is 1.38. The molecule has 0 unspecified atom stereocenters. The first-order valence-electron chi connectivity index (χ1n) is 10.3. The second-order valence-electron chi connectivity index (χ2n) is 6.96. The number of para-hydroxylation sites is 1. The van der Waals surface area contributed by atoms with Crippen molar-refractivity contribution in [3.05, 3.63) is 65.7 Å². The quantitative estimate of drug-likeness (QED) is 0.406. The van der Waals surface area contributed by atoms with Gasteiger partial charge in [-0.05, 0) is 49.1 Å². The molecule has 1 amide bonds. The molecular weight excluding hydrogens is 440 g/mol. The largest absolute Gasteiger partial charge is 0.492 e. The third kappa shape index (κ3) is 5.53. The van der Waals surface area contributed by atoms with Crippen LogP contribution in [0.2, 0.25) is 0 Å². The summed E-state index contributed by atoms with van der Waals surface area (Å²) >= 11 is 1.54. The van der Waals surface area contributed by atoms with E-state index in [1.54, 1.807) is 17.8 Å². The van der Waals surface area contributed by atoms with Gasteiger partial charge in [-0.3, -0.25) is 4.79 Å². The standard InChI is InChI=1S/C25H28N2O5S/c1-29-22-18(25(28)27-19-7-5-6-8-21(19)33-4)15-20(23(30-2)24(22)31-3)32-17-11-9-16(10-12-17)13-14-26/h5-12,15H,13-14,26H2,1-4H3,(H,27,28). The number of nitrogens with one attached hydrogen (secondary N) is 1. The van der Waals surface area contributed by atoms with Gasteiger partial charge in [-0.25, -0.2) is 0 Å². The zero-order valence-corrected chi connectivity index (χ0v) is 20.0. The molecule has 0 bridgehead atoms. The molecule has 0 aliphatic rings. The number of rotatable bonds is 10. The highest BCUT2D eigenvalue weighted by molar-refractivity contribution is 7.98. The molecule has 174 valence electrons. The first-order chi connectivity index (χ1) is 16.1. The summed E-state index contributed by atoms with van der Waals surface area (Å²) in [5.41, 5.74) is 7.68. The number of anilines is 1. The van der Waals surface area contributed by atoms with Gasteiger partial charge in [0.05, 0.1) is 32.6 Å². The predicted octanol–water partition coefficient (Wildman–Crippen LogP) is 4.98. The number of ether oxygens (including phenoxy) is 4. The van der Waals surface area contributed by atoms with E-state index in [0.29, 0.717) is 29.5 Å². The Morgan fingerprint density at radius 3 is 2.21 bits per heavy atom. The fraction of sp³-hybridized carbons (Fsp3) is 0.240. The second kappa shape index (κ2) is 11.5. The average molecular weight is 469 g/mol. The van der Waals surface area contributed by atoms with Gasteiger partial charge < -0.3 is 30.0 Å². The SMILES string of the molecule is COc1c(Oc2ccc(CCN)cc2)cc(C(=O)Nc2ccccc2SC)c(OC)c1OC. The number of hydrogen-bond donors (Lipinski definition) is 2. The lowest BCUT2D eigenvalue weighted by atomic mass is 10.1. The smallest absolute Gasteiger partial charge is 0.259 e. The van der Waals surface area contributed by atoms with Gasteiger partial charge >= 0.3 is 0 Å². The van der Waals surface area contributed by atoms with Gasteiger partial charge in [-0.2, -0.15) is 0 Å². The first-order valence-corrected chi connectivity index (χ1v) is 11.5. The number of carbonyl (C=O) groups is 1. The number of amides is 1. The van der Waals surface area contributed by atoms with Crippen LogP contribution in [0.25, 0.3) is 0 Å². The molecule has 8 heteroatoms. The third-order valence-electron chi connectivity index (χ3n) is 4.95. The van der Waals surface area contributed by atoms with E-state index in [1.807, 2.05) is 54.8 Å². The van der Waals surface area contributed by atoms with Crippen molar-refractivity contribution in [3.8, 4) is 28.7 Å². The molecule has 0 heterocycles. The Morgan fingerprint density at radius 1 is 0.939 bits per heavy atom. The van der Waals surface area contributed by atoms with Crippen molar-refractivity contribution < 1.29 is 23.7 Å². The Labute approximate surface area is 198 Å². The highest BCUT2D eigenvalue weighted by Crippen LogP contribution is 2.48. The molecule has 3 N–H and O–H groups in total. The van der Waals surface area contributed by atoms with Gasteiger partial charge in [0.2, 0.25) is 11.5 Å². The van der Waals surface area contributed by atoms with Crippen LogP contribution >= 0.6 is 11.8 Å². The van der Waals surface area contributed by atoms with Crippen LogP contribution in [0.5, 0.6) is 28.7 Å². The van der Waals surface area contributed by atoms with E-state index < -0.39 is 0 Å². The van der Waals surface area contributed by atoms with Crippen LogP contribution < -0.4 is 30.0 Å².